The molecule has 23 heavy (non-hydrogen) atoms. The van der Waals surface area contributed by atoms with Crippen molar-refractivity contribution in [2.75, 3.05) is 32.4 Å². The molecule has 126 valence electrons. The Kier molecular flexibility index (Phi) is 5.49. The molecule has 2 fully saturated rings. The first-order chi connectivity index (χ1) is 11.1. The first-order valence-corrected chi connectivity index (χ1v) is 10.3. The molecule has 0 N–H and O–H groups in total. The molecular formula is C18H26N2O2S. The Labute approximate surface area is 141 Å². The average Bonchev–Trinajstić information content (AvgIpc) is 3.18. The van der Waals surface area contributed by atoms with Gasteiger partial charge in [-0.3, -0.25) is 9.00 Å². The average molecular weight is 334 g/mol. The van der Waals surface area contributed by atoms with Crippen LogP contribution in [-0.4, -0.2) is 58.4 Å². The lowest BCUT2D eigenvalue weighted by molar-refractivity contribution is 0.0708. The Morgan fingerprint density at radius 2 is 2.00 bits per heavy atom. The van der Waals surface area contributed by atoms with Crippen LogP contribution in [0, 0.1) is 0 Å². The van der Waals surface area contributed by atoms with Gasteiger partial charge in [-0.1, -0.05) is 12.1 Å². The van der Waals surface area contributed by atoms with Crippen LogP contribution in [0.25, 0.3) is 0 Å². The number of likely N-dealkylation sites (tertiary alicyclic amines) is 2. The molecule has 2 atom stereocenters. The molecule has 2 aliphatic heterocycles. The summed E-state index contributed by atoms with van der Waals surface area (Å²) in [4.78, 5) is 17.4. The highest BCUT2D eigenvalue weighted by Crippen LogP contribution is 2.23. The van der Waals surface area contributed by atoms with Crippen molar-refractivity contribution in [1.29, 1.82) is 0 Å². The quantitative estimate of drug-likeness (QED) is 0.829. The minimum absolute atomic E-state index is 0.135. The van der Waals surface area contributed by atoms with Crippen LogP contribution in [0.4, 0.5) is 0 Å². The second kappa shape index (κ2) is 7.58. The molecule has 3 rings (SSSR count). The van der Waals surface area contributed by atoms with E-state index >= 15 is 0 Å². The summed E-state index contributed by atoms with van der Waals surface area (Å²) < 4.78 is 11.4. The van der Waals surface area contributed by atoms with Crippen molar-refractivity contribution in [2.45, 2.75) is 37.5 Å². The lowest BCUT2D eigenvalue weighted by atomic mass is 10.1. The maximum atomic E-state index is 12.9. The molecule has 2 aliphatic rings. The number of rotatable bonds is 5. The number of carbonyl (C=O) groups excluding carboxylic acids is 1. The van der Waals surface area contributed by atoms with Crippen LogP contribution >= 0.6 is 0 Å². The van der Waals surface area contributed by atoms with Crippen molar-refractivity contribution in [1.82, 2.24) is 9.80 Å². The van der Waals surface area contributed by atoms with E-state index in [1.807, 2.05) is 24.3 Å². The normalized spacial score (nSPS) is 23.3. The molecule has 0 radical (unpaired) electrons. The van der Waals surface area contributed by atoms with Gasteiger partial charge in [0.05, 0.1) is 0 Å². The predicted molar refractivity (Wildman–Crippen MR) is 93.9 cm³/mol. The van der Waals surface area contributed by atoms with Gasteiger partial charge in [-0.25, -0.2) is 0 Å². The molecule has 1 amide bonds. The van der Waals surface area contributed by atoms with Gasteiger partial charge in [0, 0.05) is 47.5 Å². The summed E-state index contributed by atoms with van der Waals surface area (Å²) in [6.07, 6.45) is 6.48. The first-order valence-electron chi connectivity index (χ1n) is 8.56. The van der Waals surface area contributed by atoms with Crippen LogP contribution in [0.3, 0.4) is 0 Å². The molecule has 2 saturated heterocycles. The van der Waals surface area contributed by atoms with Gasteiger partial charge in [0.25, 0.3) is 5.91 Å². The fourth-order valence-corrected chi connectivity index (χ4v) is 4.40. The number of benzene rings is 1. The molecule has 1 aromatic carbocycles. The summed E-state index contributed by atoms with van der Waals surface area (Å²) in [5, 5.41) is 0. The molecule has 0 aromatic heterocycles. The zero-order valence-corrected chi connectivity index (χ0v) is 14.7. The molecule has 0 bridgehead atoms. The van der Waals surface area contributed by atoms with E-state index in [2.05, 4.69) is 9.80 Å². The summed E-state index contributed by atoms with van der Waals surface area (Å²) in [6, 6.07) is 8.00. The van der Waals surface area contributed by atoms with Crippen molar-refractivity contribution >= 4 is 16.7 Å². The summed E-state index contributed by atoms with van der Waals surface area (Å²) in [6.45, 7) is 4.23. The van der Waals surface area contributed by atoms with E-state index in [-0.39, 0.29) is 5.91 Å². The van der Waals surface area contributed by atoms with Crippen molar-refractivity contribution in [3.05, 3.63) is 35.4 Å². The number of nitrogens with zero attached hydrogens (tertiary/aromatic N) is 2. The van der Waals surface area contributed by atoms with E-state index in [4.69, 9.17) is 0 Å². The number of amides is 1. The topological polar surface area (TPSA) is 40.6 Å². The zero-order chi connectivity index (χ0) is 16.2. The van der Waals surface area contributed by atoms with Gasteiger partial charge in [0.1, 0.15) is 0 Å². The molecule has 0 unspecified atom stereocenters. The maximum absolute atomic E-state index is 12.9. The Morgan fingerprint density at radius 1 is 1.22 bits per heavy atom. The summed E-state index contributed by atoms with van der Waals surface area (Å²) in [5.41, 5.74) is 1.72. The lowest BCUT2D eigenvalue weighted by Crippen LogP contribution is -2.42. The molecular weight excluding hydrogens is 308 g/mol. The third-order valence-electron chi connectivity index (χ3n) is 4.85. The van der Waals surface area contributed by atoms with Crippen molar-refractivity contribution < 1.29 is 9.00 Å². The van der Waals surface area contributed by atoms with Gasteiger partial charge in [-0.05, 0) is 56.5 Å². The third-order valence-corrected chi connectivity index (χ3v) is 5.59. The Hall–Kier alpha value is -1.20. The Balaban J connectivity index is 1.69. The minimum Gasteiger partial charge on any atom is -0.334 e. The zero-order valence-electron chi connectivity index (χ0n) is 13.9. The second-order valence-corrected chi connectivity index (χ2v) is 8.16. The van der Waals surface area contributed by atoms with Crippen molar-refractivity contribution in [2.24, 2.45) is 0 Å². The van der Waals surface area contributed by atoms with Crippen LogP contribution in [0.1, 0.15) is 41.6 Å². The second-order valence-electron chi connectivity index (χ2n) is 6.72. The number of carbonyl (C=O) groups is 1. The fraction of sp³-hybridized carbons (Fsp3) is 0.611. The molecule has 2 heterocycles. The standard InChI is InChI=1S/C18H26N2O2S/c1-23(22)14-15-6-4-7-16(12-15)18(21)20-11-5-8-17(20)13-19-9-2-3-10-19/h4,6-7,12,17H,2-3,5,8-11,13-14H2,1H3/t17-,23-/m0/s1. The van der Waals surface area contributed by atoms with Gasteiger partial charge in [-0.2, -0.15) is 0 Å². The predicted octanol–water partition coefficient (Wildman–Crippen LogP) is 2.27. The molecule has 0 saturated carbocycles. The van der Waals surface area contributed by atoms with Crippen molar-refractivity contribution in [3.63, 3.8) is 0 Å². The van der Waals surface area contributed by atoms with E-state index in [1.54, 1.807) is 6.26 Å². The highest BCUT2D eigenvalue weighted by molar-refractivity contribution is 7.83. The molecule has 5 heteroatoms. The highest BCUT2D eigenvalue weighted by Gasteiger charge is 2.31. The maximum Gasteiger partial charge on any atom is 0.254 e. The minimum atomic E-state index is -0.882. The summed E-state index contributed by atoms with van der Waals surface area (Å²) in [5.74, 6) is 0.647. The van der Waals surface area contributed by atoms with E-state index in [1.165, 1.54) is 25.9 Å². The van der Waals surface area contributed by atoms with Gasteiger partial charge >= 0.3 is 0 Å². The van der Waals surface area contributed by atoms with E-state index in [9.17, 15) is 9.00 Å². The van der Waals surface area contributed by atoms with Crippen molar-refractivity contribution in [3.8, 4) is 0 Å². The Morgan fingerprint density at radius 3 is 2.74 bits per heavy atom. The SMILES string of the molecule is C[S@](=O)Cc1cccc(C(=O)N2CCC[C@H]2CN2CCCC2)c1. The largest absolute Gasteiger partial charge is 0.334 e. The van der Waals surface area contributed by atoms with Gasteiger partial charge in [0.15, 0.2) is 0 Å². The smallest absolute Gasteiger partial charge is 0.254 e. The van der Waals surface area contributed by atoms with Gasteiger partial charge in [-0.15, -0.1) is 0 Å². The summed E-state index contributed by atoms with van der Waals surface area (Å²) >= 11 is 0. The third kappa shape index (κ3) is 4.21. The fourth-order valence-electron chi connectivity index (χ4n) is 3.75. The van der Waals surface area contributed by atoms with Crippen LogP contribution in [0.2, 0.25) is 0 Å². The van der Waals surface area contributed by atoms with E-state index in [0.717, 1.165) is 37.1 Å². The molecule has 0 aliphatic carbocycles. The van der Waals surface area contributed by atoms with Crippen LogP contribution in [-0.2, 0) is 16.6 Å². The van der Waals surface area contributed by atoms with Crippen LogP contribution < -0.4 is 0 Å². The van der Waals surface area contributed by atoms with Gasteiger partial charge < -0.3 is 9.80 Å². The summed E-state index contributed by atoms with van der Waals surface area (Å²) in [7, 11) is -0.882. The number of hydrogen-bond donors (Lipinski definition) is 0. The van der Waals surface area contributed by atoms with Crippen LogP contribution in [0.15, 0.2) is 24.3 Å². The van der Waals surface area contributed by atoms with Crippen LogP contribution in [0.5, 0.6) is 0 Å². The molecule has 1 aromatic rings. The van der Waals surface area contributed by atoms with E-state index < -0.39 is 10.8 Å². The Bertz CT molecular complexity index is 584. The monoisotopic (exact) mass is 334 g/mol. The van der Waals surface area contributed by atoms with Gasteiger partial charge in [0.2, 0.25) is 0 Å². The first kappa shape index (κ1) is 16.7. The molecule has 4 nitrogen and oxygen atoms in total. The van der Waals surface area contributed by atoms with E-state index in [0.29, 0.717) is 11.8 Å². The lowest BCUT2D eigenvalue weighted by Gasteiger charge is -2.28. The highest BCUT2D eigenvalue weighted by atomic mass is 32.2. The number of hydrogen-bond acceptors (Lipinski definition) is 3. The molecule has 0 spiro atoms.